The molecule has 0 aromatic heterocycles. The highest BCUT2D eigenvalue weighted by Crippen LogP contribution is 2.31. The normalized spacial score (nSPS) is 10.7. The summed E-state index contributed by atoms with van der Waals surface area (Å²) in [5.74, 6) is -0.129. The monoisotopic (exact) mass is 310 g/mol. The van der Waals surface area contributed by atoms with Crippen molar-refractivity contribution in [2.45, 2.75) is 20.8 Å². The van der Waals surface area contributed by atoms with Crippen LogP contribution in [0.5, 0.6) is 0 Å². The Kier molecular flexibility index (Phi) is 5.86. The van der Waals surface area contributed by atoms with Gasteiger partial charge < -0.3 is 10.2 Å². The topological polar surface area (TPSA) is 57.1 Å². The third-order valence-corrected chi connectivity index (χ3v) is 3.47. The zero-order chi connectivity index (χ0) is 16.7. The molecular weight excluding hydrogens is 288 g/mol. The van der Waals surface area contributed by atoms with Crippen molar-refractivity contribution in [1.29, 1.82) is 0 Å². The zero-order valence-corrected chi connectivity index (χ0v) is 13.8. The highest BCUT2D eigenvalue weighted by molar-refractivity contribution is 5.91. The van der Waals surface area contributed by atoms with Gasteiger partial charge in [-0.15, -0.1) is 10.2 Å². The summed E-state index contributed by atoms with van der Waals surface area (Å²) < 4.78 is 0. The molecule has 0 aliphatic carbocycles. The van der Waals surface area contributed by atoms with Gasteiger partial charge in [0.25, 0.3) is 0 Å². The molecule has 0 heterocycles. The predicted molar refractivity (Wildman–Crippen MR) is 94.9 cm³/mol. The molecule has 0 radical (unpaired) electrons. The lowest BCUT2D eigenvalue weighted by Gasteiger charge is -2.22. The fourth-order valence-corrected chi connectivity index (χ4v) is 2.34. The zero-order valence-electron chi connectivity index (χ0n) is 13.8. The number of para-hydroxylation sites is 2. The SMILES string of the molecule is CCN(CC)c1ccccc1N=Nc1ccccc1NC(C)=O. The molecule has 2 aromatic rings. The van der Waals surface area contributed by atoms with E-state index in [1.165, 1.54) is 6.92 Å². The van der Waals surface area contributed by atoms with E-state index >= 15 is 0 Å². The molecule has 23 heavy (non-hydrogen) atoms. The first kappa shape index (κ1) is 16.7. The molecule has 0 bridgehead atoms. The Hall–Kier alpha value is -2.69. The Bertz CT molecular complexity index is 693. The Morgan fingerprint density at radius 3 is 2.17 bits per heavy atom. The van der Waals surface area contributed by atoms with Gasteiger partial charge in [0.2, 0.25) is 5.91 Å². The third-order valence-electron chi connectivity index (χ3n) is 3.47. The number of nitrogens with one attached hydrogen (secondary N) is 1. The van der Waals surface area contributed by atoms with Gasteiger partial charge >= 0.3 is 0 Å². The Balaban J connectivity index is 2.33. The van der Waals surface area contributed by atoms with Crippen molar-refractivity contribution in [3.8, 4) is 0 Å². The van der Waals surface area contributed by atoms with Crippen LogP contribution >= 0.6 is 0 Å². The fraction of sp³-hybridized carbons (Fsp3) is 0.278. The summed E-state index contributed by atoms with van der Waals surface area (Å²) in [4.78, 5) is 13.5. The van der Waals surface area contributed by atoms with Crippen LogP contribution in [0.15, 0.2) is 58.8 Å². The van der Waals surface area contributed by atoms with Crippen LogP contribution in [0.25, 0.3) is 0 Å². The molecule has 0 fully saturated rings. The van der Waals surface area contributed by atoms with Crippen LogP contribution in [-0.2, 0) is 4.79 Å². The average Bonchev–Trinajstić information content (AvgIpc) is 2.56. The number of nitrogens with zero attached hydrogens (tertiary/aromatic N) is 3. The molecule has 0 atom stereocenters. The Labute approximate surface area is 137 Å². The summed E-state index contributed by atoms with van der Waals surface area (Å²) in [6, 6.07) is 15.3. The lowest BCUT2D eigenvalue weighted by molar-refractivity contribution is -0.114. The van der Waals surface area contributed by atoms with Gasteiger partial charge in [0.15, 0.2) is 0 Å². The van der Waals surface area contributed by atoms with E-state index in [1.807, 2.05) is 48.5 Å². The second-order valence-corrected chi connectivity index (χ2v) is 5.06. The lowest BCUT2D eigenvalue weighted by Crippen LogP contribution is -2.21. The molecule has 0 spiro atoms. The van der Waals surface area contributed by atoms with E-state index in [-0.39, 0.29) is 5.91 Å². The van der Waals surface area contributed by atoms with E-state index < -0.39 is 0 Å². The standard InChI is InChI=1S/C18H22N4O/c1-4-22(5-2)18-13-9-8-12-17(18)21-20-16-11-7-6-10-15(16)19-14(3)23/h6-13H,4-5H2,1-3H3,(H,19,23). The predicted octanol–water partition coefficient (Wildman–Crippen LogP) is 4.91. The van der Waals surface area contributed by atoms with Crippen LogP contribution in [0.4, 0.5) is 22.7 Å². The second-order valence-electron chi connectivity index (χ2n) is 5.06. The number of hydrogen-bond donors (Lipinski definition) is 1. The molecular formula is C18H22N4O. The van der Waals surface area contributed by atoms with E-state index in [9.17, 15) is 4.79 Å². The van der Waals surface area contributed by atoms with Gasteiger partial charge in [-0.3, -0.25) is 4.79 Å². The molecule has 5 nitrogen and oxygen atoms in total. The van der Waals surface area contributed by atoms with Gasteiger partial charge in [0, 0.05) is 20.0 Å². The summed E-state index contributed by atoms with van der Waals surface area (Å²) in [6.07, 6.45) is 0. The van der Waals surface area contributed by atoms with E-state index in [1.54, 1.807) is 0 Å². The minimum atomic E-state index is -0.129. The number of carbonyl (C=O) groups is 1. The number of anilines is 2. The fourth-order valence-electron chi connectivity index (χ4n) is 2.34. The summed E-state index contributed by atoms with van der Waals surface area (Å²) in [5.41, 5.74) is 3.16. The van der Waals surface area contributed by atoms with Gasteiger partial charge in [-0.05, 0) is 38.1 Å². The highest BCUT2D eigenvalue weighted by Gasteiger charge is 2.07. The number of rotatable bonds is 6. The van der Waals surface area contributed by atoms with Crippen LogP contribution in [0.3, 0.4) is 0 Å². The quantitative estimate of drug-likeness (QED) is 0.771. The first-order valence-electron chi connectivity index (χ1n) is 7.78. The Morgan fingerprint density at radius 2 is 1.52 bits per heavy atom. The minimum absolute atomic E-state index is 0.129. The summed E-state index contributed by atoms with van der Waals surface area (Å²) >= 11 is 0. The molecule has 2 aromatic carbocycles. The molecule has 1 N–H and O–H groups in total. The minimum Gasteiger partial charge on any atom is -0.370 e. The number of benzene rings is 2. The highest BCUT2D eigenvalue weighted by atomic mass is 16.1. The van der Waals surface area contributed by atoms with E-state index in [0.29, 0.717) is 11.4 Å². The molecule has 0 unspecified atom stereocenters. The van der Waals surface area contributed by atoms with Crippen LogP contribution in [0.2, 0.25) is 0 Å². The van der Waals surface area contributed by atoms with Gasteiger partial charge in [-0.2, -0.15) is 0 Å². The van der Waals surface area contributed by atoms with Crippen molar-refractivity contribution in [3.05, 3.63) is 48.5 Å². The van der Waals surface area contributed by atoms with Crippen LogP contribution in [-0.4, -0.2) is 19.0 Å². The van der Waals surface area contributed by atoms with Crippen LogP contribution < -0.4 is 10.2 Å². The molecule has 2 rings (SSSR count). The molecule has 0 saturated carbocycles. The van der Waals surface area contributed by atoms with Crippen molar-refractivity contribution in [3.63, 3.8) is 0 Å². The van der Waals surface area contributed by atoms with Gasteiger partial charge in [0.05, 0.1) is 11.4 Å². The smallest absolute Gasteiger partial charge is 0.221 e. The third kappa shape index (κ3) is 4.39. The first-order valence-corrected chi connectivity index (χ1v) is 7.78. The number of amides is 1. The maximum Gasteiger partial charge on any atom is 0.221 e. The number of hydrogen-bond acceptors (Lipinski definition) is 4. The summed E-state index contributed by atoms with van der Waals surface area (Å²) in [6.45, 7) is 7.52. The first-order chi connectivity index (χ1) is 11.2. The molecule has 0 aliphatic rings. The molecule has 1 amide bonds. The lowest BCUT2D eigenvalue weighted by atomic mass is 10.2. The summed E-state index contributed by atoms with van der Waals surface area (Å²) in [5, 5.41) is 11.5. The van der Waals surface area contributed by atoms with Crippen molar-refractivity contribution >= 4 is 28.7 Å². The van der Waals surface area contributed by atoms with Gasteiger partial charge in [-0.25, -0.2) is 0 Å². The van der Waals surface area contributed by atoms with Crippen molar-refractivity contribution in [2.24, 2.45) is 10.2 Å². The average molecular weight is 310 g/mol. The van der Waals surface area contributed by atoms with Crippen molar-refractivity contribution < 1.29 is 4.79 Å². The van der Waals surface area contributed by atoms with Crippen LogP contribution in [0.1, 0.15) is 20.8 Å². The van der Waals surface area contributed by atoms with E-state index in [4.69, 9.17) is 0 Å². The largest absolute Gasteiger partial charge is 0.370 e. The maximum atomic E-state index is 11.3. The van der Waals surface area contributed by atoms with Crippen molar-refractivity contribution in [2.75, 3.05) is 23.3 Å². The van der Waals surface area contributed by atoms with E-state index in [0.717, 1.165) is 24.5 Å². The molecule has 120 valence electrons. The Morgan fingerprint density at radius 1 is 0.957 bits per heavy atom. The van der Waals surface area contributed by atoms with E-state index in [2.05, 4.69) is 34.3 Å². The number of carbonyl (C=O) groups excluding carboxylic acids is 1. The van der Waals surface area contributed by atoms with Gasteiger partial charge in [-0.1, -0.05) is 24.3 Å². The number of azo groups is 1. The summed E-state index contributed by atoms with van der Waals surface area (Å²) in [7, 11) is 0. The molecule has 5 heteroatoms. The maximum absolute atomic E-state index is 11.3. The van der Waals surface area contributed by atoms with Crippen molar-refractivity contribution in [1.82, 2.24) is 0 Å². The molecule has 0 aliphatic heterocycles. The second kappa shape index (κ2) is 8.08. The van der Waals surface area contributed by atoms with Crippen LogP contribution in [0, 0.1) is 0 Å². The van der Waals surface area contributed by atoms with Gasteiger partial charge in [0.1, 0.15) is 11.4 Å². The molecule has 0 saturated heterocycles.